The van der Waals surface area contributed by atoms with Crippen LogP contribution in [0.3, 0.4) is 0 Å². The van der Waals surface area contributed by atoms with Crippen LogP contribution in [0, 0.1) is 6.92 Å². The van der Waals surface area contributed by atoms with Crippen LogP contribution in [-0.4, -0.2) is 37.0 Å². The summed E-state index contributed by atoms with van der Waals surface area (Å²) >= 11 is 0. The summed E-state index contributed by atoms with van der Waals surface area (Å²) in [6.07, 6.45) is 3.52. The number of amides is 1. The molecule has 0 bridgehead atoms. The van der Waals surface area contributed by atoms with Crippen molar-refractivity contribution in [2.24, 2.45) is 0 Å². The molecule has 154 valence electrons. The van der Waals surface area contributed by atoms with Crippen molar-refractivity contribution in [3.63, 3.8) is 0 Å². The van der Waals surface area contributed by atoms with Gasteiger partial charge in [-0.3, -0.25) is 9.59 Å². The van der Waals surface area contributed by atoms with E-state index in [1.807, 2.05) is 23.1 Å². The topological polar surface area (TPSA) is 55.8 Å². The van der Waals surface area contributed by atoms with E-state index in [9.17, 15) is 9.59 Å². The predicted molar refractivity (Wildman–Crippen MR) is 113 cm³/mol. The third-order valence-electron chi connectivity index (χ3n) is 5.65. The normalized spacial score (nSPS) is 13.5. The highest BCUT2D eigenvalue weighted by molar-refractivity contribution is 5.78. The SMILES string of the molecule is COC(=O)Cc1ccc(OC)c(-c2ccc(C)cc2CN(C(C)=O)C2CCC2)c1. The number of aryl methyl sites for hydroxylation is 1. The molecule has 0 radical (unpaired) electrons. The van der Waals surface area contributed by atoms with Crippen molar-refractivity contribution in [3.8, 4) is 16.9 Å². The van der Waals surface area contributed by atoms with Gasteiger partial charge in [0.15, 0.2) is 0 Å². The van der Waals surface area contributed by atoms with Crippen molar-refractivity contribution in [1.82, 2.24) is 4.90 Å². The van der Waals surface area contributed by atoms with E-state index in [0.717, 1.165) is 46.4 Å². The summed E-state index contributed by atoms with van der Waals surface area (Å²) in [5, 5.41) is 0. The van der Waals surface area contributed by atoms with E-state index in [0.29, 0.717) is 12.6 Å². The van der Waals surface area contributed by atoms with Crippen LogP contribution in [0.1, 0.15) is 42.9 Å². The standard InChI is InChI=1S/C24H29NO4/c1-16-8-10-21(19(12-16)15-25(17(2)26)20-6-5-7-20)22-13-18(14-24(27)29-4)9-11-23(22)28-3/h8-13,20H,5-7,14-15H2,1-4H3. The molecule has 0 aliphatic heterocycles. The highest BCUT2D eigenvalue weighted by Gasteiger charge is 2.27. The molecule has 0 atom stereocenters. The molecule has 1 saturated carbocycles. The maximum atomic E-state index is 12.3. The quantitative estimate of drug-likeness (QED) is 0.657. The number of benzene rings is 2. The van der Waals surface area contributed by atoms with Crippen molar-refractivity contribution in [2.45, 2.75) is 52.1 Å². The Hall–Kier alpha value is -2.82. The monoisotopic (exact) mass is 395 g/mol. The molecule has 0 unspecified atom stereocenters. The lowest BCUT2D eigenvalue weighted by Crippen LogP contribution is -2.42. The summed E-state index contributed by atoms with van der Waals surface area (Å²) in [6, 6.07) is 12.3. The Morgan fingerprint density at radius 2 is 1.83 bits per heavy atom. The van der Waals surface area contributed by atoms with Crippen LogP contribution in [-0.2, 0) is 27.3 Å². The van der Waals surface area contributed by atoms with E-state index in [2.05, 4.69) is 25.1 Å². The number of ether oxygens (including phenoxy) is 2. The minimum atomic E-state index is -0.280. The highest BCUT2D eigenvalue weighted by Crippen LogP contribution is 2.36. The molecular formula is C24H29NO4. The first-order chi connectivity index (χ1) is 13.9. The van der Waals surface area contributed by atoms with Crippen LogP contribution < -0.4 is 4.74 Å². The lowest BCUT2D eigenvalue weighted by atomic mass is 9.89. The summed E-state index contributed by atoms with van der Waals surface area (Å²) in [4.78, 5) is 26.0. The van der Waals surface area contributed by atoms with Gasteiger partial charge in [-0.05, 0) is 55.0 Å². The van der Waals surface area contributed by atoms with Gasteiger partial charge in [0, 0.05) is 25.1 Å². The number of esters is 1. The number of rotatable bonds is 7. The molecule has 1 aliphatic carbocycles. The average Bonchev–Trinajstić information content (AvgIpc) is 2.66. The van der Waals surface area contributed by atoms with Crippen LogP contribution in [0.2, 0.25) is 0 Å². The van der Waals surface area contributed by atoms with Gasteiger partial charge >= 0.3 is 5.97 Å². The summed E-state index contributed by atoms with van der Waals surface area (Å²) in [5.41, 5.74) is 5.03. The fourth-order valence-corrected chi connectivity index (χ4v) is 3.81. The van der Waals surface area contributed by atoms with Crippen LogP contribution in [0.25, 0.3) is 11.1 Å². The van der Waals surface area contributed by atoms with E-state index in [1.165, 1.54) is 13.5 Å². The zero-order chi connectivity index (χ0) is 21.0. The lowest BCUT2D eigenvalue weighted by Gasteiger charge is -2.37. The molecule has 29 heavy (non-hydrogen) atoms. The fraction of sp³-hybridized carbons (Fsp3) is 0.417. The molecule has 0 heterocycles. The summed E-state index contributed by atoms with van der Waals surface area (Å²) < 4.78 is 10.4. The van der Waals surface area contributed by atoms with Gasteiger partial charge in [-0.2, -0.15) is 0 Å². The Labute approximate surface area is 172 Å². The maximum absolute atomic E-state index is 12.3. The Balaban J connectivity index is 2.03. The van der Waals surface area contributed by atoms with E-state index in [4.69, 9.17) is 9.47 Å². The Bertz CT molecular complexity index is 902. The molecule has 2 aromatic carbocycles. The van der Waals surface area contributed by atoms with Crippen molar-refractivity contribution in [3.05, 3.63) is 53.1 Å². The maximum Gasteiger partial charge on any atom is 0.309 e. The molecular weight excluding hydrogens is 366 g/mol. The average molecular weight is 395 g/mol. The zero-order valence-corrected chi connectivity index (χ0v) is 17.7. The molecule has 1 amide bonds. The van der Waals surface area contributed by atoms with E-state index >= 15 is 0 Å². The largest absolute Gasteiger partial charge is 0.496 e. The van der Waals surface area contributed by atoms with Crippen LogP contribution in [0.4, 0.5) is 0 Å². The number of methoxy groups -OCH3 is 2. The first-order valence-electron chi connectivity index (χ1n) is 10.0. The third-order valence-corrected chi connectivity index (χ3v) is 5.65. The first-order valence-corrected chi connectivity index (χ1v) is 10.0. The minimum Gasteiger partial charge on any atom is -0.496 e. The summed E-state index contributed by atoms with van der Waals surface area (Å²) in [6.45, 7) is 4.27. The smallest absolute Gasteiger partial charge is 0.309 e. The summed E-state index contributed by atoms with van der Waals surface area (Å²) in [5.74, 6) is 0.563. The van der Waals surface area contributed by atoms with Gasteiger partial charge in [0.25, 0.3) is 0 Å². The second-order valence-corrected chi connectivity index (χ2v) is 7.68. The van der Waals surface area contributed by atoms with Gasteiger partial charge in [0.2, 0.25) is 5.91 Å². The number of hydrogen-bond acceptors (Lipinski definition) is 4. The highest BCUT2D eigenvalue weighted by atomic mass is 16.5. The van der Waals surface area contributed by atoms with Crippen LogP contribution in [0.5, 0.6) is 5.75 Å². The molecule has 3 rings (SSSR count). The second-order valence-electron chi connectivity index (χ2n) is 7.68. The molecule has 0 aromatic heterocycles. The molecule has 5 heteroatoms. The van der Waals surface area contributed by atoms with Crippen molar-refractivity contribution in [1.29, 1.82) is 0 Å². The van der Waals surface area contributed by atoms with E-state index in [-0.39, 0.29) is 18.3 Å². The van der Waals surface area contributed by atoms with E-state index < -0.39 is 0 Å². The molecule has 0 N–H and O–H groups in total. The van der Waals surface area contributed by atoms with Gasteiger partial charge in [-0.1, -0.05) is 29.8 Å². The molecule has 1 aliphatic rings. The Morgan fingerprint density at radius 1 is 1.07 bits per heavy atom. The van der Waals surface area contributed by atoms with Gasteiger partial charge in [-0.25, -0.2) is 0 Å². The number of carbonyl (C=O) groups excluding carboxylic acids is 2. The number of nitrogens with zero attached hydrogens (tertiary/aromatic N) is 1. The lowest BCUT2D eigenvalue weighted by molar-refractivity contribution is -0.139. The molecule has 2 aromatic rings. The van der Waals surface area contributed by atoms with Crippen molar-refractivity contribution >= 4 is 11.9 Å². The number of hydrogen-bond donors (Lipinski definition) is 0. The Kier molecular flexibility index (Phi) is 6.57. The minimum absolute atomic E-state index is 0.105. The molecule has 0 spiro atoms. The zero-order valence-electron chi connectivity index (χ0n) is 17.7. The fourth-order valence-electron chi connectivity index (χ4n) is 3.81. The van der Waals surface area contributed by atoms with Crippen molar-refractivity contribution < 1.29 is 19.1 Å². The molecule has 5 nitrogen and oxygen atoms in total. The van der Waals surface area contributed by atoms with Gasteiger partial charge in [0.05, 0.1) is 20.6 Å². The van der Waals surface area contributed by atoms with E-state index in [1.54, 1.807) is 14.0 Å². The summed E-state index contributed by atoms with van der Waals surface area (Å²) in [7, 11) is 3.03. The van der Waals surface area contributed by atoms with Gasteiger partial charge < -0.3 is 14.4 Å². The molecule has 1 fully saturated rings. The van der Waals surface area contributed by atoms with Crippen LogP contribution >= 0.6 is 0 Å². The second kappa shape index (κ2) is 9.12. The van der Waals surface area contributed by atoms with Gasteiger partial charge in [0.1, 0.15) is 5.75 Å². The first kappa shape index (κ1) is 20.9. The molecule has 0 saturated heterocycles. The Morgan fingerprint density at radius 3 is 2.41 bits per heavy atom. The van der Waals surface area contributed by atoms with Crippen LogP contribution in [0.15, 0.2) is 36.4 Å². The number of carbonyl (C=O) groups is 2. The van der Waals surface area contributed by atoms with Crippen molar-refractivity contribution in [2.75, 3.05) is 14.2 Å². The van der Waals surface area contributed by atoms with Gasteiger partial charge in [-0.15, -0.1) is 0 Å². The predicted octanol–water partition coefficient (Wildman–Crippen LogP) is 4.29. The third kappa shape index (κ3) is 4.78.